The predicted molar refractivity (Wildman–Crippen MR) is 124 cm³/mol. The van der Waals surface area contributed by atoms with E-state index in [-0.39, 0.29) is 24.0 Å². The molecule has 7 heteroatoms. The molecule has 2 N–H and O–H groups in total. The first-order valence-electron chi connectivity index (χ1n) is 8.97. The summed E-state index contributed by atoms with van der Waals surface area (Å²) in [6.45, 7) is 4.47. The third-order valence-electron chi connectivity index (χ3n) is 3.87. The Morgan fingerprint density at radius 3 is 2.70 bits per heavy atom. The highest BCUT2D eigenvalue weighted by atomic mass is 127. The molecule has 0 fully saturated rings. The van der Waals surface area contributed by atoms with Crippen molar-refractivity contribution in [1.82, 2.24) is 15.6 Å². The lowest BCUT2D eigenvalue weighted by atomic mass is 10.1. The second-order valence-corrected chi connectivity index (χ2v) is 6.27. The van der Waals surface area contributed by atoms with Crippen molar-refractivity contribution in [2.45, 2.75) is 26.2 Å². The Hall–Kier alpha value is -1.54. The molecule has 1 aromatic carbocycles. The van der Waals surface area contributed by atoms with Crippen LogP contribution in [0.2, 0.25) is 5.15 Å². The van der Waals surface area contributed by atoms with Gasteiger partial charge in [0, 0.05) is 25.8 Å². The molecule has 1 aromatic heterocycles. The lowest BCUT2D eigenvalue weighted by Crippen LogP contribution is -2.38. The summed E-state index contributed by atoms with van der Waals surface area (Å²) in [5, 5.41) is 7.16. The van der Waals surface area contributed by atoms with Crippen LogP contribution in [-0.4, -0.2) is 37.7 Å². The number of aromatic nitrogens is 1. The van der Waals surface area contributed by atoms with Crippen LogP contribution in [0.15, 0.2) is 47.6 Å². The van der Waals surface area contributed by atoms with Gasteiger partial charge in [-0.3, -0.25) is 4.99 Å². The number of hydrogen-bond donors (Lipinski definition) is 2. The number of nitrogens with zero attached hydrogens (tertiary/aromatic N) is 2. The highest BCUT2D eigenvalue weighted by Gasteiger charge is 2.00. The molecular formula is C20H28ClIN4O. The van der Waals surface area contributed by atoms with E-state index in [0.29, 0.717) is 5.15 Å². The summed E-state index contributed by atoms with van der Waals surface area (Å²) in [6.07, 6.45) is 4.65. The van der Waals surface area contributed by atoms with Gasteiger partial charge >= 0.3 is 0 Å². The fourth-order valence-corrected chi connectivity index (χ4v) is 2.64. The van der Waals surface area contributed by atoms with Crippen LogP contribution in [0, 0.1) is 0 Å². The van der Waals surface area contributed by atoms with Gasteiger partial charge in [0.05, 0.1) is 7.11 Å². The lowest BCUT2D eigenvalue weighted by molar-refractivity contribution is 0.414. The molecule has 1 heterocycles. The van der Waals surface area contributed by atoms with Crippen molar-refractivity contribution in [3.05, 3.63) is 58.9 Å². The fourth-order valence-electron chi connectivity index (χ4n) is 2.52. The summed E-state index contributed by atoms with van der Waals surface area (Å²) < 4.78 is 5.26. The van der Waals surface area contributed by atoms with Gasteiger partial charge < -0.3 is 15.4 Å². The lowest BCUT2D eigenvalue weighted by Gasteiger charge is -2.11. The number of rotatable bonds is 9. The van der Waals surface area contributed by atoms with Crippen LogP contribution in [0.4, 0.5) is 0 Å². The Morgan fingerprint density at radius 2 is 2.00 bits per heavy atom. The van der Waals surface area contributed by atoms with Crippen LogP contribution >= 0.6 is 35.6 Å². The Kier molecular flexibility index (Phi) is 11.8. The minimum absolute atomic E-state index is 0. The van der Waals surface area contributed by atoms with E-state index in [1.54, 1.807) is 7.11 Å². The number of aryl methyl sites for hydroxylation is 1. The summed E-state index contributed by atoms with van der Waals surface area (Å²) in [4.78, 5) is 8.74. The minimum atomic E-state index is 0. The Bertz CT molecular complexity index is 695. The average Bonchev–Trinajstić information content (AvgIpc) is 2.67. The van der Waals surface area contributed by atoms with Gasteiger partial charge in [0.1, 0.15) is 10.9 Å². The van der Waals surface area contributed by atoms with Crippen molar-refractivity contribution in [2.75, 3.05) is 26.7 Å². The van der Waals surface area contributed by atoms with Crippen molar-refractivity contribution in [3.8, 4) is 5.75 Å². The van der Waals surface area contributed by atoms with Crippen LogP contribution in [0.1, 0.15) is 24.5 Å². The Morgan fingerprint density at radius 1 is 1.15 bits per heavy atom. The second-order valence-electron chi connectivity index (χ2n) is 5.88. The molecule has 27 heavy (non-hydrogen) atoms. The SMILES string of the molecule is CCNC(=NCCCc1cccc(OC)c1)NCCc1ccc(Cl)nc1.I. The van der Waals surface area contributed by atoms with Gasteiger partial charge in [-0.15, -0.1) is 24.0 Å². The molecule has 2 rings (SSSR count). The van der Waals surface area contributed by atoms with E-state index in [4.69, 9.17) is 16.3 Å². The van der Waals surface area contributed by atoms with Gasteiger partial charge in [-0.2, -0.15) is 0 Å². The van der Waals surface area contributed by atoms with Crippen LogP contribution < -0.4 is 15.4 Å². The first kappa shape index (κ1) is 23.5. The van der Waals surface area contributed by atoms with Gasteiger partial charge in [-0.1, -0.05) is 29.8 Å². The molecule has 0 radical (unpaired) electrons. The molecule has 0 atom stereocenters. The van der Waals surface area contributed by atoms with Crippen LogP contribution in [0.25, 0.3) is 0 Å². The second kappa shape index (κ2) is 13.6. The van der Waals surface area contributed by atoms with Gasteiger partial charge in [-0.05, 0) is 55.5 Å². The van der Waals surface area contributed by atoms with Crippen molar-refractivity contribution < 1.29 is 4.74 Å². The number of guanidine groups is 1. The zero-order valence-corrected chi connectivity index (χ0v) is 19.0. The van der Waals surface area contributed by atoms with E-state index in [9.17, 15) is 0 Å². The normalized spacial score (nSPS) is 10.9. The Labute approximate surface area is 184 Å². The molecular weight excluding hydrogens is 475 g/mol. The standard InChI is InChI=1S/C20H27ClN4O.HI/c1-3-22-20(24-13-11-17-9-10-19(21)25-15-17)23-12-5-7-16-6-4-8-18(14-16)26-2;/h4,6,8-10,14-15H,3,5,7,11-13H2,1-2H3,(H2,22,23,24);1H. The minimum Gasteiger partial charge on any atom is -0.497 e. The zero-order chi connectivity index (χ0) is 18.6. The summed E-state index contributed by atoms with van der Waals surface area (Å²) in [5.74, 6) is 1.75. The van der Waals surface area contributed by atoms with E-state index < -0.39 is 0 Å². The molecule has 0 aliphatic heterocycles. The van der Waals surface area contributed by atoms with E-state index in [2.05, 4.69) is 39.7 Å². The number of hydrogen-bond acceptors (Lipinski definition) is 3. The maximum Gasteiger partial charge on any atom is 0.191 e. The number of pyridine rings is 1. The zero-order valence-electron chi connectivity index (χ0n) is 15.9. The molecule has 2 aromatic rings. The highest BCUT2D eigenvalue weighted by molar-refractivity contribution is 14.0. The molecule has 0 amide bonds. The quantitative estimate of drug-likeness (QED) is 0.178. The fraction of sp³-hybridized carbons (Fsp3) is 0.400. The smallest absolute Gasteiger partial charge is 0.191 e. The molecule has 0 saturated carbocycles. The first-order chi connectivity index (χ1) is 12.7. The molecule has 0 spiro atoms. The maximum absolute atomic E-state index is 5.81. The first-order valence-corrected chi connectivity index (χ1v) is 9.34. The van der Waals surface area contributed by atoms with E-state index >= 15 is 0 Å². The van der Waals surface area contributed by atoms with E-state index in [0.717, 1.165) is 56.2 Å². The molecule has 0 aliphatic carbocycles. The Balaban J connectivity index is 0.00000364. The molecule has 0 bridgehead atoms. The van der Waals surface area contributed by atoms with Crippen molar-refractivity contribution in [3.63, 3.8) is 0 Å². The van der Waals surface area contributed by atoms with Crippen LogP contribution in [0.3, 0.4) is 0 Å². The average molecular weight is 503 g/mol. The molecule has 148 valence electrons. The van der Waals surface area contributed by atoms with Gasteiger partial charge in [0.25, 0.3) is 0 Å². The number of nitrogens with one attached hydrogen (secondary N) is 2. The van der Waals surface area contributed by atoms with E-state index in [1.165, 1.54) is 5.56 Å². The number of halogens is 2. The molecule has 0 unspecified atom stereocenters. The van der Waals surface area contributed by atoms with Gasteiger partial charge in [0.2, 0.25) is 0 Å². The van der Waals surface area contributed by atoms with Crippen molar-refractivity contribution in [1.29, 1.82) is 0 Å². The number of ether oxygens (including phenoxy) is 1. The summed E-state index contributed by atoms with van der Waals surface area (Å²) in [6, 6.07) is 12.0. The predicted octanol–water partition coefficient (Wildman–Crippen LogP) is 4.09. The van der Waals surface area contributed by atoms with Crippen LogP contribution in [-0.2, 0) is 12.8 Å². The number of aliphatic imine (C=N–C) groups is 1. The monoisotopic (exact) mass is 502 g/mol. The third-order valence-corrected chi connectivity index (χ3v) is 4.09. The summed E-state index contributed by atoms with van der Waals surface area (Å²) in [7, 11) is 1.69. The highest BCUT2D eigenvalue weighted by Crippen LogP contribution is 2.13. The van der Waals surface area contributed by atoms with Gasteiger partial charge in [0.15, 0.2) is 5.96 Å². The maximum atomic E-state index is 5.81. The number of methoxy groups -OCH3 is 1. The number of benzene rings is 1. The summed E-state index contributed by atoms with van der Waals surface area (Å²) in [5.41, 5.74) is 2.42. The topological polar surface area (TPSA) is 58.5 Å². The van der Waals surface area contributed by atoms with Gasteiger partial charge in [-0.25, -0.2) is 4.98 Å². The third kappa shape index (κ3) is 9.28. The molecule has 0 aliphatic rings. The van der Waals surface area contributed by atoms with Crippen molar-refractivity contribution in [2.24, 2.45) is 4.99 Å². The molecule has 5 nitrogen and oxygen atoms in total. The van der Waals surface area contributed by atoms with E-state index in [1.807, 2.05) is 30.5 Å². The summed E-state index contributed by atoms with van der Waals surface area (Å²) >= 11 is 5.81. The van der Waals surface area contributed by atoms with Crippen LogP contribution in [0.5, 0.6) is 5.75 Å². The largest absolute Gasteiger partial charge is 0.497 e. The molecule has 0 saturated heterocycles. The van der Waals surface area contributed by atoms with Crippen molar-refractivity contribution >= 4 is 41.5 Å².